The molecule has 2 aromatic carbocycles. The predicted octanol–water partition coefficient (Wildman–Crippen LogP) is 1.14. The standard InChI is InChI=1S/C34H33N7O11S/c1-2-49-33(45)25(37-29(43)22-13-10-21(11-14-22)12-15-23-20-36-28-27(23)30(44)39-34(35)38-28)16-17-26(42)50-18-6-7-19-51-31-32(41(46)52-40-31)53(47,48)24-8-4-3-5-9-24/h3-5,8-11,13-14,20,25H,2,12,15-19H2,1H3,(H,37,43)(H4,35,36,38,39,44)/t25-/m0/s1. The van der Waals surface area contributed by atoms with Gasteiger partial charge in [-0.3, -0.25) is 24.0 Å². The van der Waals surface area contributed by atoms with Crippen LogP contribution in [-0.4, -0.2) is 72.2 Å². The maximum absolute atomic E-state index is 13.0. The Morgan fingerprint density at radius 1 is 1.06 bits per heavy atom. The van der Waals surface area contributed by atoms with Crippen LogP contribution in [0.25, 0.3) is 11.0 Å². The number of anilines is 1. The van der Waals surface area contributed by atoms with Crippen molar-refractivity contribution < 1.29 is 46.5 Å². The molecule has 0 aliphatic carbocycles. The van der Waals surface area contributed by atoms with E-state index in [4.69, 9.17) is 19.9 Å². The minimum absolute atomic E-state index is 0.0173. The topological polar surface area (TPSA) is 266 Å². The molecule has 1 amide bonds. The van der Waals surface area contributed by atoms with E-state index in [9.17, 15) is 32.8 Å². The van der Waals surface area contributed by atoms with Crippen molar-refractivity contribution in [2.24, 2.45) is 0 Å². The number of hydrogen-bond donors (Lipinski definition) is 4. The zero-order chi connectivity index (χ0) is 38.0. The summed E-state index contributed by atoms with van der Waals surface area (Å²) in [5.74, 6) is 2.42. The maximum Gasteiger partial charge on any atom is 0.415 e. The van der Waals surface area contributed by atoms with Crippen LogP contribution in [0.1, 0.15) is 41.3 Å². The predicted molar refractivity (Wildman–Crippen MR) is 184 cm³/mol. The van der Waals surface area contributed by atoms with Crippen LogP contribution in [0.5, 0.6) is 5.88 Å². The third-order valence-corrected chi connectivity index (χ3v) is 9.35. The van der Waals surface area contributed by atoms with Gasteiger partial charge in [-0.05, 0) is 66.5 Å². The Morgan fingerprint density at radius 3 is 2.53 bits per heavy atom. The molecule has 53 heavy (non-hydrogen) atoms. The molecule has 5 aromatic rings. The molecule has 0 aliphatic rings. The lowest BCUT2D eigenvalue weighted by atomic mass is 10.0. The van der Waals surface area contributed by atoms with Crippen molar-refractivity contribution in [3.8, 4) is 17.7 Å². The van der Waals surface area contributed by atoms with Crippen LogP contribution in [-0.2, 0) is 41.7 Å². The Kier molecular flexibility index (Phi) is 12.1. The zero-order valence-corrected chi connectivity index (χ0v) is 28.9. The van der Waals surface area contributed by atoms with Gasteiger partial charge in [-0.2, -0.15) is 4.98 Å². The van der Waals surface area contributed by atoms with Crippen LogP contribution in [0.15, 0.2) is 80.1 Å². The second-order valence-corrected chi connectivity index (χ2v) is 13.0. The van der Waals surface area contributed by atoms with E-state index in [0.29, 0.717) is 23.9 Å². The minimum Gasteiger partial charge on any atom is -0.464 e. The molecule has 0 bridgehead atoms. The number of rotatable bonds is 15. The molecule has 0 saturated carbocycles. The van der Waals surface area contributed by atoms with Crippen molar-refractivity contribution in [1.29, 1.82) is 0 Å². The first-order chi connectivity index (χ1) is 25.5. The first-order valence-electron chi connectivity index (χ1n) is 16.0. The number of amides is 1. The minimum atomic E-state index is -4.30. The summed E-state index contributed by atoms with van der Waals surface area (Å²) in [5.41, 5.74) is 7.59. The Morgan fingerprint density at radius 2 is 1.79 bits per heavy atom. The van der Waals surface area contributed by atoms with E-state index in [1.165, 1.54) is 24.3 Å². The molecule has 0 spiro atoms. The number of aromatic amines is 2. The smallest absolute Gasteiger partial charge is 0.415 e. The van der Waals surface area contributed by atoms with E-state index < -0.39 is 51.2 Å². The molecule has 5 N–H and O–H groups in total. The fourth-order valence-corrected chi connectivity index (χ4v) is 6.35. The number of aryl methyl sites for hydroxylation is 2. The summed E-state index contributed by atoms with van der Waals surface area (Å²) in [5, 5.41) is 17.5. The average molecular weight is 748 g/mol. The van der Waals surface area contributed by atoms with E-state index in [1.54, 1.807) is 43.5 Å². The number of esters is 2. The van der Waals surface area contributed by atoms with Gasteiger partial charge in [0.2, 0.25) is 5.95 Å². The number of nitrogen functional groups attached to an aromatic ring is 1. The Balaban J connectivity index is 1.09. The SMILES string of the molecule is CCOC(=O)[C@H](CCC(=O)OCC#CCOc1no[n+]([O-])c1S(=O)(=O)c1ccccc1)NC(=O)c1ccc(CCc2c[nH]c3nc(N)[nH]c(=O)c23)cc1. The molecule has 276 valence electrons. The summed E-state index contributed by atoms with van der Waals surface area (Å²) in [6, 6.07) is 12.7. The molecule has 5 rings (SSSR count). The van der Waals surface area contributed by atoms with Crippen LogP contribution >= 0.6 is 0 Å². The van der Waals surface area contributed by atoms with Crippen LogP contribution in [0, 0.1) is 17.0 Å². The van der Waals surface area contributed by atoms with Gasteiger partial charge in [0, 0.05) is 18.2 Å². The number of carbonyl (C=O) groups is 3. The third kappa shape index (κ3) is 9.36. The second kappa shape index (κ2) is 17.0. The van der Waals surface area contributed by atoms with Gasteiger partial charge in [0.15, 0.2) is 13.2 Å². The van der Waals surface area contributed by atoms with Crippen molar-refractivity contribution in [2.45, 2.75) is 48.6 Å². The van der Waals surface area contributed by atoms with Crippen molar-refractivity contribution in [1.82, 2.24) is 25.4 Å². The van der Waals surface area contributed by atoms with Gasteiger partial charge in [0.25, 0.3) is 21.3 Å². The fourth-order valence-electron chi connectivity index (χ4n) is 5.05. The summed E-state index contributed by atoms with van der Waals surface area (Å²) >= 11 is 0. The van der Waals surface area contributed by atoms with Crippen LogP contribution < -0.4 is 26.2 Å². The summed E-state index contributed by atoms with van der Waals surface area (Å²) in [4.78, 5) is 59.4. The van der Waals surface area contributed by atoms with Gasteiger partial charge in [-0.25, -0.2) is 13.2 Å². The number of ether oxygens (including phenoxy) is 3. The number of nitrogens with two attached hydrogens (primary N) is 1. The van der Waals surface area contributed by atoms with E-state index in [0.717, 1.165) is 11.1 Å². The molecular formula is C34H33N7O11S. The molecule has 18 nitrogen and oxygen atoms in total. The number of carbonyl (C=O) groups excluding carboxylic acids is 3. The lowest BCUT2D eigenvalue weighted by Gasteiger charge is -2.17. The molecule has 1 atom stereocenters. The average Bonchev–Trinajstić information content (AvgIpc) is 3.74. The first-order valence-corrected chi connectivity index (χ1v) is 17.5. The highest BCUT2D eigenvalue weighted by molar-refractivity contribution is 7.91. The van der Waals surface area contributed by atoms with Crippen LogP contribution in [0.2, 0.25) is 0 Å². The highest BCUT2D eigenvalue weighted by Gasteiger charge is 2.35. The van der Waals surface area contributed by atoms with Gasteiger partial charge >= 0.3 is 22.8 Å². The number of nitrogens with zero attached hydrogens (tertiary/aromatic N) is 3. The molecule has 3 heterocycles. The van der Waals surface area contributed by atoms with Gasteiger partial charge in [0.1, 0.15) is 11.7 Å². The number of H-pyrrole nitrogens is 2. The first kappa shape index (κ1) is 37.6. The van der Waals surface area contributed by atoms with Crippen molar-refractivity contribution in [3.05, 3.63) is 93.0 Å². The number of hydrogen-bond acceptors (Lipinski definition) is 14. The molecule has 3 aromatic heterocycles. The Labute approximate surface area is 301 Å². The van der Waals surface area contributed by atoms with Gasteiger partial charge < -0.3 is 35.5 Å². The lowest BCUT2D eigenvalue weighted by Crippen LogP contribution is -2.42. The number of sulfone groups is 1. The normalized spacial score (nSPS) is 11.6. The highest BCUT2D eigenvalue weighted by Crippen LogP contribution is 2.24. The van der Waals surface area contributed by atoms with Crippen molar-refractivity contribution in [3.63, 3.8) is 0 Å². The summed E-state index contributed by atoms with van der Waals surface area (Å²) in [6.07, 6.45) is 2.40. The molecule has 0 radical (unpaired) electrons. The summed E-state index contributed by atoms with van der Waals surface area (Å²) in [6.45, 7) is 0.867. The van der Waals surface area contributed by atoms with Gasteiger partial charge in [-0.1, -0.05) is 42.2 Å². The molecule has 0 fully saturated rings. The van der Waals surface area contributed by atoms with Crippen molar-refractivity contribution in [2.75, 3.05) is 25.6 Å². The monoisotopic (exact) mass is 747 g/mol. The zero-order valence-electron chi connectivity index (χ0n) is 28.1. The largest absolute Gasteiger partial charge is 0.464 e. The third-order valence-electron chi connectivity index (χ3n) is 7.62. The molecule has 0 aliphatic heterocycles. The Hall–Kier alpha value is -6.68. The van der Waals surface area contributed by atoms with E-state index >= 15 is 0 Å². The molecule has 0 saturated heterocycles. The number of benzene rings is 2. The second-order valence-electron chi connectivity index (χ2n) is 11.2. The molecule has 0 unspecified atom stereocenters. The van der Waals surface area contributed by atoms with Crippen molar-refractivity contribution >= 4 is 44.7 Å². The number of nitrogens with one attached hydrogen (secondary N) is 3. The summed E-state index contributed by atoms with van der Waals surface area (Å²) < 4.78 is 45.4. The van der Waals surface area contributed by atoms with E-state index in [1.807, 2.05) is 0 Å². The number of fused-ring (bicyclic) bond motifs is 1. The fraction of sp³-hybridized carbons (Fsp3) is 0.265. The summed E-state index contributed by atoms with van der Waals surface area (Å²) in [7, 11) is -4.30. The van der Waals surface area contributed by atoms with E-state index in [-0.39, 0.29) is 52.9 Å². The maximum atomic E-state index is 13.0. The Bertz CT molecular complexity index is 2330. The van der Waals surface area contributed by atoms with Crippen LogP contribution in [0.3, 0.4) is 0 Å². The van der Waals surface area contributed by atoms with E-state index in [2.05, 4.69) is 41.9 Å². The molecule has 19 heteroatoms. The van der Waals surface area contributed by atoms with Crippen LogP contribution in [0.4, 0.5) is 5.95 Å². The highest BCUT2D eigenvalue weighted by atomic mass is 32.2. The number of aromatic nitrogens is 5. The van der Waals surface area contributed by atoms with Gasteiger partial charge in [-0.15, -0.1) is 0 Å². The quantitative estimate of drug-likeness (QED) is 0.0665. The molecular weight excluding hydrogens is 714 g/mol. The lowest BCUT2D eigenvalue weighted by molar-refractivity contribution is -0.832. The van der Waals surface area contributed by atoms with Gasteiger partial charge in [0.05, 0.1) is 22.0 Å².